The fourth-order valence-electron chi connectivity index (χ4n) is 3.87. The second-order valence-electron chi connectivity index (χ2n) is 6.39. The van der Waals surface area contributed by atoms with Crippen LogP contribution in [0.1, 0.15) is 56.3 Å². The number of rotatable bonds is 4. The monoisotopic (exact) mass is 319 g/mol. The molecule has 3 atom stereocenters. The maximum Gasteiger partial charge on any atom is 0.311 e. The molecule has 0 spiro atoms. The minimum Gasteiger partial charge on any atom is -0.481 e. The third kappa shape index (κ3) is 2.43. The lowest BCUT2D eigenvalue weighted by Crippen LogP contribution is -2.29. The van der Waals surface area contributed by atoms with Crippen LogP contribution >= 0.6 is 0 Å². The van der Waals surface area contributed by atoms with Crippen molar-refractivity contribution in [1.29, 1.82) is 0 Å². The standard InChI is InChI=1S/C18H22FNO3/c1-3-5-12(18(22)23)16-11-6-4-7-13(19)17(11)20-10(2)15(21)9-8-14(16)20/h4,6-7,10,12,15,21H,3,5,8-9H2,1-2H3,(H,22,23). The number of para-hydroxylation sites is 1. The van der Waals surface area contributed by atoms with Gasteiger partial charge >= 0.3 is 5.97 Å². The summed E-state index contributed by atoms with van der Waals surface area (Å²) in [7, 11) is 0. The summed E-state index contributed by atoms with van der Waals surface area (Å²) in [6.07, 6.45) is 1.87. The number of hydrogen-bond donors (Lipinski definition) is 2. The van der Waals surface area contributed by atoms with Gasteiger partial charge in [-0.25, -0.2) is 4.39 Å². The van der Waals surface area contributed by atoms with Crippen molar-refractivity contribution in [1.82, 2.24) is 4.57 Å². The maximum atomic E-state index is 14.5. The van der Waals surface area contributed by atoms with E-state index in [0.717, 1.165) is 17.7 Å². The van der Waals surface area contributed by atoms with E-state index in [2.05, 4.69) is 0 Å². The Morgan fingerprint density at radius 2 is 2.22 bits per heavy atom. The third-order valence-corrected chi connectivity index (χ3v) is 4.98. The van der Waals surface area contributed by atoms with E-state index in [1.165, 1.54) is 6.07 Å². The molecule has 1 aliphatic heterocycles. The smallest absolute Gasteiger partial charge is 0.311 e. The van der Waals surface area contributed by atoms with Gasteiger partial charge in [-0.15, -0.1) is 0 Å². The molecule has 0 saturated carbocycles. The van der Waals surface area contributed by atoms with Crippen LogP contribution in [-0.4, -0.2) is 26.9 Å². The summed E-state index contributed by atoms with van der Waals surface area (Å²) in [6, 6.07) is 4.55. The topological polar surface area (TPSA) is 62.5 Å². The van der Waals surface area contributed by atoms with E-state index in [-0.39, 0.29) is 11.9 Å². The predicted molar refractivity (Wildman–Crippen MR) is 86.2 cm³/mol. The van der Waals surface area contributed by atoms with Gasteiger partial charge in [0.1, 0.15) is 5.82 Å². The Labute approximate surface area is 134 Å². The van der Waals surface area contributed by atoms with E-state index >= 15 is 0 Å². The Balaban J connectivity index is 2.34. The summed E-state index contributed by atoms with van der Waals surface area (Å²) in [5, 5.41) is 20.5. The number of aliphatic hydroxyl groups excluding tert-OH is 1. The van der Waals surface area contributed by atoms with Crippen LogP contribution in [0.25, 0.3) is 10.9 Å². The number of carboxylic acid groups (broad SMARTS) is 1. The van der Waals surface area contributed by atoms with Gasteiger partial charge in [-0.2, -0.15) is 0 Å². The molecule has 1 aromatic heterocycles. The summed E-state index contributed by atoms with van der Waals surface area (Å²) in [5.74, 6) is -1.87. The van der Waals surface area contributed by atoms with Gasteiger partial charge < -0.3 is 14.8 Å². The molecule has 2 N–H and O–H groups in total. The quantitative estimate of drug-likeness (QED) is 0.905. The number of aromatic nitrogens is 1. The van der Waals surface area contributed by atoms with Gasteiger partial charge in [0.05, 0.1) is 23.6 Å². The summed E-state index contributed by atoms with van der Waals surface area (Å²) in [4.78, 5) is 11.8. The first-order valence-electron chi connectivity index (χ1n) is 8.19. The van der Waals surface area contributed by atoms with Crippen LogP contribution in [0.15, 0.2) is 18.2 Å². The van der Waals surface area contributed by atoms with Crippen LogP contribution in [0.2, 0.25) is 0 Å². The molecule has 2 heterocycles. The highest BCUT2D eigenvalue weighted by atomic mass is 19.1. The molecule has 1 aromatic carbocycles. The number of aliphatic hydroxyl groups is 1. The van der Waals surface area contributed by atoms with Gasteiger partial charge in [-0.05, 0) is 37.8 Å². The van der Waals surface area contributed by atoms with Crippen LogP contribution in [0.5, 0.6) is 0 Å². The van der Waals surface area contributed by atoms with Crippen LogP contribution in [-0.2, 0) is 11.2 Å². The molecule has 0 fully saturated rings. The third-order valence-electron chi connectivity index (χ3n) is 4.98. The fourth-order valence-corrected chi connectivity index (χ4v) is 3.87. The molecule has 0 saturated heterocycles. The van der Waals surface area contributed by atoms with E-state index in [0.29, 0.717) is 30.2 Å². The molecule has 0 amide bonds. The molecular weight excluding hydrogens is 297 g/mol. The van der Waals surface area contributed by atoms with Crippen molar-refractivity contribution < 1.29 is 19.4 Å². The van der Waals surface area contributed by atoms with Gasteiger partial charge in [0, 0.05) is 11.1 Å². The lowest BCUT2D eigenvalue weighted by molar-refractivity contribution is -0.139. The van der Waals surface area contributed by atoms with Crippen molar-refractivity contribution in [3.63, 3.8) is 0 Å². The Kier molecular flexibility index (Phi) is 4.15. The first-order valence-corrected chi connectivity index (χ1v) is 8.19. The zero-order valence-corrected chi connectivity index (χ0v) is 13.4. The van der Waals surface area contributed by atoms with Crippen LogP contribution in [0.3, 0.4) is 0 Å². The Bertz CT molecular complexity index is 752. The molecule has 23 heavy (non-hydrogen) atoms. The highest BCUT2D eigenvalue weighted by molar-refractivity contribution is 5.92. The molecule has 0 radical (unpaired) electrons. The number of fused-ring (bicyclic) bond motifs is 3. The molecule has 0 bridgehead atoms. The summed E-state index contributed by atoms with van der Waals surface area (Å²) >= 11 is 0. The number of halogens is 1. The van der Waals surface area contributed by atoms with E-state index in [1.54, 1.807) is 12.1 Å². The van der Waals surface area contributed by atoms with Crippen molar-refractivity contribution in [2.24, 2.45) is 0 Å². The van der Waals surface area contributed by atoms with Crippen molar-refractivity contribution in [3.8, 4) is 0 Å². The zero-order chi connectivity index (χ0) is 16.7. The van der Waals surface area contributed by atoms with Gasteiger partial charge in [0.15, 0.2) is 0 Å². The van der Waals surface area contributed by atoms with Gasteiger partial charge in [0.2, 0.25) is 0 Å². The Morgan fingerprint density at radius 1 is 1.48 bits per heavy atom. The van der Waals surface area contributed by atoms with Crippen LogP contribution < -0.4 is 0 Å². The van der Waals surface area contributed by atoms with Crippen molar-refractivity contribution in [2.75, 3.05) is 0 Å². The normalized spacial score (nSPS) is 22.1. The van der Waals surface area contributed by atoms with Gasteiger partial charge in [0.25, 0.3) is 0 Å². The van der Waals surface area contributed by atoms with E-state index in [4.69, 9.17) is 0 Å². The number of carboxylic acids is 1. The minimum atomic E-state index is -0.870. The Hall–Kier alpha value is -1.88. The molecule has 0 aliphatic carbocycles. The second-order valence-corrected chi connectivity index (χ2v) is 6.39. The number of nitrogens with zero attached hydrogens (tertiary/aromatic N) is 1. The fraction of sp³-hybridized carbons (Fsp3) is 0.500. The number of carbonyl (C=O) groups is 1. The molecule has 124 valence electrons. The lowest BCUT2D eigenvalue weighted by atomic mass is 9.89. The average molecular weight is 319 g/mol. The minimum absolute atomic E-state index is 0.261. The van der Waals surface area contributed by atoms with Crippen LogP contribution in [0, 0.1) is 5.82 Å². The second kappa shape index (κ2) is 5.96. The van der Waals surface area contributed by atoms with Gasteiger partial charge in [-0.1, -0.05) is 25.5 Å². The van der Waals surface area contributed by atoms with Crippen molar-refractivity contribution in [2.45, 2.75) is 57.6 Å². The first kappa shape index (κ1) is 16.0. The largest absolute Gasteiger partial charge is 0.481 e. The molecule has 1 aliphatic rings. The first-order chi connectivity index (χ1) is 11.0. The van der Waals surface area contributed by atoms with E-state index < -0.39 is 18.0 Å². The summed E-state index contributed by atoms with van der Waals surface area (Å²) in [5.41, 5.74) is 2.02. The lowest BCUT2D eigenvalue weighted by Gasteiger charge is -2.30. The maximum absolute atomic E-state index is 14.5. The molecule has 5 heteroatoms. The molecule has 3 rings (SSSR count). The molecule has 4 nitrogen and oxygen atoms in total. The van der Waals surface area contributed by atoms with Crippen molar-refractivity contribution >= 4 is 16.9 Å². The molecule has 3 unspecified atom stereocenters. The molecular formula is C18H22FNO3. The van der Waals surface area contributed by atoms with Crippen LogP contribution in [0.4, 0.5) is 4.39 Å². The Morgan fingerprint density at radius 3 is 2.87 bits per heavy atom. The number of benzene rings is 1. The zero-order valence-electron chi connectivity index (χ0n) is 13.4. The average Bonchev–Trinajstić information content (AvgIpc) is 2.84. The van der Waals surface area contributed by atoms with E-state index in [1.807, 2.05) is 18.4 Å². The molecule has 2 aromatic rings. The highest BCUT2D eigenvalue weighted by Crippen LogP contribution is 2.41. The van der Waals surface area contributed by atoms with E-state index in [9.17, 15) is 19.4 Å². The summed E-state index contributed by atoms with van der Waals surface area (Å²) < 4.78 is 16.3. The predicted octanol–water partition coefficient (Wildman–Crippen LogP) is 3.62. The van der Waals surface area contributed by atoms with Crippen molar-refractivity contribution in [3.05, 3.63) is 35.3 Å². The highest BCUT2D eigenvalue weighted by Gasteiger charge is 2.34. The SMILES string of the molecule is CCCC(C(=O)O)c1c2n(c3c(F)cccc13)C(C)C(O)CC2. The summed E-state index contributed by atoms with van der Waals surface area (Å²) in [6.45, 7) is 3.81. The van der Waals surface area contributed by atoms with Gasteiger partial charge in [-0.3, -0.25) is 4.79 Å². The number of hydrogen-bond acceptors (Lipinski definition) is 2. The number of aliphatic carboxylic acids is 1.